The van der Waals surface area contributed by atoms with Crippen molar-refractivity contribution in [3.63, 3.8) is 0 Å². The molecule has 138 valence electrons. The summed E-state index contributed by atoms with van der Waals surface area (Å²) in [4.78, 5) is 27.8. The van der Waals surface area contributed by atoms with Crippen LogP contribution in [0.4, 0.5) is 9.18 Å². The van der Waals surface area contributed by atoms with E-state index < -0.39 is 23.4 Å². The third-order valence-electron chi connectivity index (χ3n) is 4.06. The van der Waals surface area contributed by atoms with Crippen LogP contribution >= 0.6 is 0 Å². The van der Waals surface area contributed by atoms with Crippen LogP contribution in [0, 0.1) is 12.7 Å². The number of ether oxygens (including phenoxy) is 1. The second-order valence-electron chi connectivity index (χ2n) is 7.39. The van der Waals surface area contributed by atoms with E-state index in [1.807, 2.05) is 6.92 Å². The highest BCUT2D eigenvalue weighted by atomic mass is 19.1. The number of hydrogen-bond acceptors (Lipinski definition) is 4. The molecule has 25 heavy (non-hydrogen) atoms. The highest BCUT2D eigenvalue weighted by Gasteiger charge is 2.33. The average molecular weight is 352 g/mol. The molecule has 2 rings (SSSR count). The number of aryl methyl sites for hydroxylation is 1. The molecule has 1 aromatic carbocycles. The maximum atomic E-state index is 14.1. The van der Waals surface area contributed by atoms with Gasteiger partial charge in [0, 0.05) is 25.7 Å². The highest BCUT2D eigenvalue weighted by molar-refractivity contribution is 5.95. The molecule has 7 heteroatoms. The van der Waals surface area contributed by atoms with Crippen molar-refractivity contribution in [3.05, 3.63) is 29.1 Å². The molecular weight excluding hydrogens is 327 g/mol. The first-order valence-electron chi connectivity index (χ1n) is 8.27. The fourth-order valence-corrected chi connectivity index (χ4v) is 2.73. The van der Waals surface area contributed by atoms with Gasteiger partial charge < -0.3 is 19.6 Å². The summed E-state index contributed by atoms with van der Waals surface area (Å²) in [5, 5.41) is 9.74. The van der Waals surface area contributed by atoms with E-state index in [1.165, 1.54) is 4.90 Å². The van der Waals surface area contributed by atoms with Crippen LogP contribution in [0.15, 0.2) is 12.1 Å². The molecule has 1 aliphatic heterocycles. The van der Waals surface area contributed by atoms with Crippen LogP contribution in [0.2, 0.25) is 0 Å². The lowest BCUT2D eigenvalue weighted by Crippen LogP contribution is -2.56. The molecule has 1 fully saturated rings. The number of aromatic hydroxyl groups is 1. The van der Waals surface area contributed by atoms with Crippen molar-refractivity contribution < 1.29 is 23.8 Å². The zero-order valence-corrected chi connectivity index (χ0v) is 15.3. The molecule has 1 heterocycles. The minimum absolute atomic E-state index is 0.120. The molecule has 0 bridgehead atoms. The van der Waals surface area contributed by atoms with E-state index in [0.717, 1.165) is 12.1 Å². The number of nitrogens with zero attached hydrogens (tertiary/aromatic N) is 2. The maximum absolute atomic E-state index is 14.1. The smallest absolute Gasteiger partial charge is 0.410 e. The molecule has 0 aliphatic carbocycles. The number of carbonyl (C=O) groups is 2. The van der Waals surface area contributed by atoms with Crippen LogP contribution in [-0.4, -0.2) is 58.2 Å². The third kappa shape index (κ3) is 4.41. The van der Waals surface area contributed by atoms with Gasteiger partial charge in [-0.1, -0.05) is 0 Å². The summed E-state index contributed by atoms with van der Waals surface area (Å²) in [7, 11) is 0. The summed E-state index contributed by atoms with van der Waals surface area (Å²) in [5.41, 5.74) is -0.384. The largest absolute Gasteiger partial charge is 0.508 e. The van der Waals surface area contributed by atoms with Crippen LogP contribution in [0.3, 0.4) is 0 Å². The number of piperazine rings is 1. The van der Waals surface area contributed by atoms with Crippen LogP contribution in [0.1, 0.15) is 43.6 Å². The average Bonchev–Trinajstić information content (AvgIpc) is 2.48. The van der Waals surface area contributed by atoms with Crippen molar-refractivity contribution in [1.29, 1.82) is 0 Å². The minimum Gasteiger partial charge on any atom is -0.508 e. The lowest BCUT2D eigenvalue weighted by Gasteiger charge is -2.40. The van der Waals surface area contributed by atoms with E-state index in [-0.39, 0.29) is 30.4 Å². The number of phenolic OH excluding ortho intramolecular Hbond substituents is 1. The lowest BCUT2D eigenvalue weighted by molar-refractivity contribution is 0.00190. The predicted molar refractivity (Wildman–Crippen MR) is 91.1 cm³/mol. The Bertz CT molecular complexity index is 684. The van der Waals surface area contributed by atoms with Crippen molar-refractivity contribution >= 4 is 12.0 Å². The summed E-state index contributed by atoms with van der Waals surface area (Å²) in [6.45, 7) is 9.61. The predicted octanol–water partition coefficient (Wildman–Crippen LogP) is 2.92. The number of amides is 2. The van der Waals surface area contributed by atoms with Crippen molar-refractivity contribution in [2.24, 2.45) is 0 Å². The fraction of sp³-hybridized carbons (Fsp3) is 0.556. The molecule has 1 unspecified atom stereocenters. The number of benzene rings is 1. The minimum atomic E-state index is -0.664. The summed E-state index contributed by atoms with van der Waals surface area (Å²) < 4.78 is 19.4. The van der Waals surface area contributed by atoms with E-state index >= 15 is 0 Å². The summed E-state index contributed by atoms with van der Waals surface area (Å²) in [6, 6.07) is 2.04. The Morgan fingerprint density at radius 2 is 1.92 bits per heavy atom. The first-order valence-corrected chi connectivity index (χ1v) is 8.27. The molecule has 6 nitrogen and oxygen atoms in total. The number of halogens is 1. The van der Waals surface area contributed by atoms with Crippen LogP contribution in [0.5, 0.6) is 5.75 Å². The second kappa shape index (κ2) is 6.90. The van der Waals surface area contributed by atoms with E-state index in [1.54, 1.807) is 32.6 Å². The summed E-state index contributed by atoms with van der Waals surface area (Å²) >= 11 is 0. The molecule has 1 saturated heterocycles. The van der Waals surface area contributed by atoms with Crippen molar-refractivity contribution in [1.82, 2.24) is 9.80 Å². The molecule has 1 atom stereocenters. The number of rotatable bonds is 1. The maximum Gasteiger partial charge on any atom is 0.410 e. The monoisotopic (exact) mass is 352 g/mol. The Morgan fingerprint density at radius 1 is 1.28 bits per heavy atom. The van der Waals surface area contributed by atoms with Crippen molar-refractivity contribution in [3.8, 4) is 5.75 Å². The topological polar surface area (TPSA) is 70.1 Å². The standard InChI is InChI=1S/C18H25FN2O4/c1-11-8-14(19)13(9-15(11)22)16(23)20-6-7-21(12(2)10-20)17(24)25-18(3,4)5/h8-9,12,22H,6-7,10H2,1-5H3. The third-order valence-corrected chi connectivity index (χ3v) is 4.06. The van der Waals surface area contributed by atoms with Crippen LogP contribution < -0.4 is 0 Å². The Hall–Kier alpha value is -2.31. The Labute approximate surface area is 147 Å². The summed E-state index contributed by atoms with van der Waals surface area (Å²) in [6.07, 6.45) is -0.425. The van der Waals surface area contributed by atoms with E-state index in [0.29, 0.717) is 12.1 Å². The molecule has 0 radical (unpaired) electrons. The van der Waals surface area contributed by atoms with E-state index in [4.69, 9.17) is 4.74 Å². The number of carbonyl (C=O) groups excluding carboxylic acids is 2. The van der Waals surface area contributed by atoms with Gasteiger partial charge in [0.15, 0.2) is 0 Å². The fourth-order valence-electron chi connectivity index (χ4n) is 2.73. The number of hydrogen-bond donors (Lipinski definition) is 1. The van der Waals surface area contributed by atoms with Gasteiger partial charge in [-0.2, -0.15) is 0 Å². The van der Waals surface area contributed by atoms with Crippen molar-refractivity contribution in [2.75, 3.05) is 19.6 Å². The van der Waals surface area contributed by atoms with Gasteiger partial charge in [-0.15, -0.1) is 0 Å². The Kier molecular flexibility index (Phi) is 5.25. The highest BCUT2D eigenvalue weighted by Crippen LogP contribution is 2.23. The lowest BCUT2D eigenvalue weighted by atomic mass is 10.1. The van der Waals surface area contributed by atoms with Crippen LogP contribution in [0.25, 0.3) is 0 Å². The second-order valence-corrected chi connectivity index (χ2v) is 7.39. The molecule has 1 N–H and O–H groups in total. The molecule has 1 aromatic rings. The molecular formula is C18H25FN2O4. The van der Waals surface area contributed by atoms with Gasteiger partial charge in [0.25, 0.3) is 5.91 Å². The first-order chi connectivity index (χ1) is 11.5. The Morgan fingerprint density at radius 3 is 2.48 bits per heavy atom. The van der Waals surface area contributed by atoms with Crippen molar-refractivity contribution in [2.45, 2.75) is 46.3 Å². The zero-order chi connectivity index (χ0) is 18.9. The van der Waals surface area contributed by atoms with Gasteiger partial charge in [-0.3, -0.25) is 4.79 Å². The van der Waals surface area contributed by atoms with E-state index in [2.05, 4.69) is 0 Å². The molecule has 0 saturated carbocycles. The molecule has 1 aliphatic rings. The van der Waals surface area contributed by atoms with E-state index in [9.17, 15) is 19.1 Å². The van der Waals surface area contributed by atoms with Gasteiger partial charge in [0.1, 0.15) is 17.2 Å². The van der Waals surface area contributed by atoms with Gasteiger partial charge in [0.2, 0.25) is 0 Å². The normalized spacial score (nSPS) is 18.2. The van der Waals surface area contributed by atoms with Gasteiger partial charge in [-0.05, 0) is 52.3 Å². The molecule has 0 spiro atoms. The zero-order valence-electron chi connectivity index (χ0n) is 15.3. The van der Waals surface area contributed by atoms with Crippen LogP contribution in [-0.2, 0) is 4.74 Å². The Balaban J connectivity index is 2.09. The molecule has 2 amide bonds. The SMILES string of the molecule is Cc1cc(F)c(C(=O)N2CCN(C(=O)OC(C)(C)C)C(C)C2)cc1O. The number of phenols is 1. The van der Waals surface area contributed by atoms with Gasteiger partial charge in [-0.25, -0.2) is 9.18 Å². The van der Waals surface area contributed by atoms with Gasteiger partial charge in [0.05, 0.1) is 5.56 Å². The molecule has 0 aromatic heterocycles. The quantitative estimate of drug-likeness (QED) is 0.844. The summed E-state index contributed by atoms with van der Waals surface area (Å²) in [5.74, 6) is -1.28. The first kappa shape index (κ1) is 19.0. The van der Waals surface area contributed by atoms with Gasteiger partial charge >= 0.3 is 6.09 Å².